The number of ether oxygens (including phenoxy) is 1. The van der Waals surface area contributed by atoms with E-state index in [1.54, 1.807) is 19.2 Å². The minimum Gasteiger partial charge on any atom is -0.381 e. The van der Waals surface area contributed by atoms with Crippen molar-refractivity contribution in [2.45, 2.75) is 30.6 Å². The molecule has 1 N–H and O–H groups in total. The number of methoxy groups -OCH3 is 1. The number of carbonyl (C=O) groups excluding carboxylic acids is 1. The first-order valence-corrected chi connectivity index (χ1v) is 14.7. The van der Waals surface area contributed by atoms with Crippen molar-refractivity contribution in [2.75, 3.05) is 46.4 Å². The number of rotatable bonds is 7. The second kappa shape index (κ2) is 10.2. The standard InChI is InChI=1S/C25H31ClN4O4S2/c1-34-19-25-18-29(36(32,33)14-9-21-7-8-22(26)35-21)16-23(31)30(25)17-24(27-25)10-12-28(13-11-24)15-20-5-3-2-4-6-20/h2-9,14,27H,10-13,15-19H2,1H3/b14-9+. The van der Waals surface area contributed by atoms with Gasteiger partial charge in [0.1, 0.15) is 5.66 Å². The van der Waals surface area contributed by atoms with Gasteiger partial charge in [0.05, 0.1) is 24.0 Å². The largest absolute Gasteiger partial charge is 0.381 e. The number of amides is 1. The zero-order chi connectivity index (χ0) is 25.4. The maximum absolute atomic E-state index is 13.3. The molecule has 0 bridgehead atoms. The van der Waals surface area contributed by atoms with Crippen LogP contribution in [0, 0.1) is 0 Å². The van der Waals surface area contributed by atoms with E-state index in [2.05, 4.69) is 34.5 Å². The van der Waals surface area contributed by atoms with Gasteiger partial charge in [-0.1, -0.05) is 41.9 Å². The molecule has 0 saturated carbocycles. The van der Waals surface area contributed by atoms with Crippen LogP contribution in [0.4, 0.5) is 0 Å². The van der Waals surface area contributed by atoms with Gasteiger partial charge in [-0.05, 0) is 36.6 Å². The number of piperazine rings is 1. The smallest absolute Gasteiger partial charge is 0.239 e. The molecule has 36 heavy (non-hydrogen) atoms. The molecule has 0 radical (unpaired) electrons. The van der Waals surface area contributed by atoms with E-state index in [0.29, 0.717) is 10.9 Å². The average Bonchev–Trinajstić information content (AvgIpc) is 3.41. The number of nitrogens with zero attached hydrogens (tertiary/aromatic N) is 3. The van der Waals surface area contributed by atoms with E-state index in [0.717, 1.165) is 42.8 Å². The number of fused-ring (bicyclic) bond motifs is 1. The number of benzene rings is 1. The summed E-state index contributed by atoms with van der Waals surface area (Å²) < 4.78 is 33.8. The van der Waals surface area contributed by atoms with E-state index in [4.69, 9.17) is 16.3 Å². The van der Waals surface area contributed by atoms with Crippen LogP contribution in [-0.2, 0) is 26.1 Å². The summed E-state index contributed by atoms with van der Waals surface area (Å²) in [5.41, 5.74) is 0.138. The highest BCUT2D eigenvalue weighted by atomic mass is 35.5. The van der Waals surface area contributed by atoms with Crippen LogP contribution in [0.5, 0.6) is 0 Å². The maximum Gasteiger partial charge on any atom is 0.239 e. The molecule has 1 aromatic heterocycles. The summed E-state index contributed by atoms with van der Waals surface area (Å²) in [7, 11) is -2.24. The van der Waals surface area contributed by atoms with Crippen molar-refractivity contribution in [3.05, 3.63) is 62.6 Å². The molecular formula is C25H31ClN4O4S2. The van der Waals surface area contributed by atoms with Crippen LogP contribution >= 0.6 is 22.9 Å². The van der Waals surface area contributed by atoms with Gasteiger partial charge < -0.3 is 9.64 Å². The predicted molar refractivity (Wildman–Crippen MR) is 142 cm³/mol. The number of hydrogen-bond donors (Lipinski definition) is 1. The van der Waals surface area contributed by atoms with Crippen LogP contribution in [0.15, 0.2) is 47.9 Å². The molecule has 3 fully saturated rings. The van der Waals surface area contributed by atoms with Gasteiger partial charge in [-0.2, -0.15) is 4.31 Å². The van der Waals surface area contributed by atoms with Gasteiger partial charge in [-0.25, -0.2) is 8.42 Å². The van der Waals surface area contributed by atoms with Gasteiger partial charge >= 0.3 is 0 Å². The van der Waals surface area contributed by atoms with Crippen molar-refractivity contribution in [3.8, 4) is 0 Å². The van der Waals surface area contributed by atoms with Crippen LogP contribution in [0.25, 0.3) is 6.08 Å². The lowest BCUT2D eigenvalue weighted by Gasteiger charge is -2.45. The topological polar surface area (TPSA) is 82.2 Å². The molecule has 3 aliphatic rings. The molecule has 0 aliphatic carbocycles. The summed E-state index contributed by atoms with van der Waals surface area (Å²) in [5.74, 6) is -0.203. The molecule has 2 aromatic rings. The lowest BCUT2D eigenvalue weighted by atomic mass is 9.88. The van der Waals surface area contributed by atoms with Crippen LogP contribution in [0.2, 0.25) is 4.34 Å². The van der Waals surface area contributed by atoms with Crippen molar-refractivity contribution >= 4 is 44.9 Å². The van der Waals surface area contributed by atoms with Crippen molar-refractivity contribution in [3.63, 3.8) is 0 Å². The van der Waals surface area contributed by atoms with Crippen molar-refractivity contribution < 1.29 is 17.9 Å². The Hall–Kier alpha value is -1.79. The van der Waals surface area contributed by atoms with Gasteiger partial charge in [0.2, 0.25) is 15.9 Å². The summed E-state index contributed by atoms with van der Waals surface area (Å²) in [6, 6.07) is 13.9. The van der Waals surface area contributed by atoms with Gasteiger partial charge in [-0.15, -0.1) is 11.3 Å². The molecule has 3 aliphatic heterocycles. The average molecular weight is 551 g/mol. The van der Waals surface area contributed by atoms with Crippen LogP contribution in [0.3, 0.4) is 0 Å². The van der Waals surface area contributed by atoms with E-state index in [1.165, 1.54) is 27.3 Å². The Morgan fingerprint density at radius 2 is 1.89 bits per heavy atom. The summed E-state index contributed by atoms with van der Waals surface area (Å²) in [4.78, 5) is 18.3. The predicted octanol–water partition coefficient (Wildman–Crippen LogP) is 2.83. The first kappa shape index (κ1) is 25.8. The third kappa shape index (κ3) is 5.26. The quantitative estimate of drug-likeness (QED) is 0.571. The first-order valence-electron chi connectivity index (χ1n) is 12.0. The number of nitrogens with one attached hydrogen (secondary N) is 1. The monoisotopic (exact) mass is 550 g/mol. The SMILES string of the molecule is COCC12CN(S(=O)(=O)/C=C/c3ccc(Cl)s3)CC(=O)N1CC1(CCN(Cc3ccccc3)CC1)N2. The number of likely N-dealkylation sites (tertiary alicyclic amines) is 1. The van der Waals surface area contributed by atoms with Crippen LogP contribution in [-0.4, -0.2) is 86.1 Å². The molecule has 1 amide bonds. The Morgan fingerprint density at radius 3 is 2.56 bits per heavy atom. The fourth-order valence-electron chi connectivity index (χ4n) is 5.59. The van der Waals surface area contributed by atoms with Crippen LogP contribution in [0.1, 0.15) is 23.3 Å². The number of hydrogen-bond acceptors (Lipinski definition) is 7. The second-order valence-corrected chi connectivity index (χ2v) is 13.4. The molecule has 11 heteroatoms. The summed E-state index contributed by atoms with van der Waals surface area (Å²) in [6.07, 6.45) is 3.28. The number of carbonyl (C=O) groups is 1. The highest BCUT2D eigenvalue weighted by Crippen LogP contribution is 2.38. The molecule has 4 heterocycles. The van der Waals surface area contributed by atoms with Gasteiger partial charge in [-0.3, -0.25) is 15.0 Å². The maximum atomic E-state index is 13.3. The highest BCUT2D eigenvalue weighted by molar-refractivity contribution is 7.92. The Kier molecular flexibility index (Phi) is 7.30. The zero-order valence-electron chi connectivity index (χ0n) is 20.2. The lowest BCUT2D eigenvalue weighted by molar-refractivity contribution is -0.144. The molecule has 194 valence electrons. The number of piperidine rings is 1. The Balaban J connectivity index is 1.31. The number of thiophene rings is 1. The number of sulfonamides is 1. The molecular weight excluding hydrogens is 520 g/mol. The summed E-state index contributed by atoms with van der Waals surface area (Å²) in [6.45, 7) is 3.44. The second-order valence-electron chi connectivity index (χ2n) is 9.87. The Bertz CT molecular complexity index is 1230. The van der Waals surface area contributed by atoms with Crippen LogP contribution < -0.4 is 5.32 Å². The van der Waals surface area contributed by atoms with Crippen molar-refractivity contribution in [1.29, 1.82) is 0 Å². The molecule has 5 rings (SSSR count). The first-order chi connectivity index (χ1) is 17.2. The molecule has 8 nitrogen and oxygen atoms in total. The van der Waals surface area contributed by atoms with E-state index in [-0.39, 0.29) is 31.1 Å². The van der Waals surface area contributed by atoms with Gasteiger partial charge in [0, 0.05) is 49.1 Å². The number of halogens is 1. The Morgan fingerprint density at radius 1 is 1.14 bits per heavy atom. The van der Waals surface area contributed by atoms with E-state index in [1.807, 2.05) is 11.0 Å². The van der Waals surface area contributed by atoms with Crippen molar-refractivity contribution in [2.24, 2.45) is 0 Å². The van der Waals surface area contributed by atoms with Gasteiger partial charge in [0.15, 0.2) is 0 Å². The Labute approximate surface area is 221 Å². The molecule has 1 unspecified atom stereocenters. The zero-order valence-corrected chi connectivity index (χ0v) is 22.6. The van der Waals surface area contributed by atoms with E-state index in [9.17, 15) is 13.2 Å². The summed E-state index contributed by atoms with van der Waals surface area (Å²) >= 11 is 7.26. The minimum absolute atomic E-state index is 0.139. The third-order valence-electron chi connectivity index (χ3n) is 7.33. The van der Waals surface area contributed by atoms with Crippen molar-refractivity contribution in [1.82, 2.24) is 19.4 Å². The fourth-order valence-corrected chi connectivity index (χ4v) is 7.81. The third-order valence-corrected chi connectivity index (χ3v) is 9.98. The lowest BCUT2D eigenvalue weighted by Crippen LogP contribution is -2.69. The summed E-state index contributed by atoms with van der Waals surface area (Å²) in [5, 5.41) is 4.88. The minimum atomic E-state index is -3.82. The molecule has 3 saturated heterocycles. The van der Waals surface area contributed by atoms with E-state index >= 15 is 0 Å². The van der Waals surface area contributed by atoms with E-state index < -0.39 is 15.7 Å². The molecule has 1 atom stereocenters. The van der Waals surface area contributed by atoms with Gasteiger partial charge in [0.25, 0.3) is 0 Å². The molecule has 1 spiro atoms. The molecule has 1 aromatic carbocycles. The fraction of sp³-hybridized carbons (Fsp3) is 0.480. The normalized spacial score (nSPS) is 25.2. The highest BCUT2D eigenvalue weighted by Gasteiger charge is 2.58.